The van der Waals surface area contributed by atoms with E-state index in [1.807, 2.05) is 12.1 Å². The minimum atomic E-state index is -0.866. The molecule has 0 radical (unpaired) electrons. The molecule has 1 amide bonds. The molecule has 6 heteroatoms. The number of carbonyl (C=O) groups is 2. The predicted molar refractivity (Wildman–Crippen MR) is 219 cm³/mol. The van der Waals surface area contributed by atoms with Crippen LogP contribution in [0.2, 0.25) is 0 Å². The monoisotopic (exact) mass is 723 g/mol. The highest BCUT2D eigenvalue weighted by molar-refractivity contribution is 5.88. The van der Waals surface area contributed by atoms with Gasteiger partial charge in [0.1, 0.15) is 0 Å². The van der Waals surface area contributed by atoms with Gasteiger partial charge in [0.05, 0.1) is 25.3 Å². The van der Waals surface area contributed by atoms with Crippen LogP contribution in [0, 0.1) is 83.9 Å². The van der Waals surface area contributed by atoms with E-state index in [1.54, 1.807) is 12.1 Å². The van der Waals surface area contributed by atoms with Crippen LogP contribution in [-0.2, 0) is 9.53 Å². The van der Waals surface area contributed by atoms with Crippen LogP contribution in [0.15, 0.2) is 43.5 Å². The summed E-state index contributed by atoms with van der Waals surface area (Å²) in [6.07, 6.45) is 38.7. The lowest BCUT2D eigenvalue weighted by Crippen LogP contribution is -2.68. The van der Waals surface area contributed by atoms with E-state index in [4.69, 9.17) is 4.74 Å². The number of hydrogen-bond acceptors (Lipinski definition) is 4. The molecule has 8 atom stereocenters. The number of hydrogen-bond donors (Lipinski definition) is 2. The summed E-state index contributed by atoms with van der Waals surface area (Å²) in [7, 11) is 0. The number of allylic oxidation sites excluding steroid dienone is 2. The van der Waals surface area contributed by atoms with E-state index in [-0.39, 0.29) is 33.1 Å². The first-order valence-corrected chi connectivity index (χ1v) is 19.5. The number of terminal acetylenes is 3. The van der Waals surface area contributed by atoms with Crippen molar-refractivity contribution < 1.29 is 19.4 Å². The van der Waals surface area contributed by atoms with Gasteiger partial charge in [-0.1, -0.05) is 59.2 Å². The molecule has 0 aromatic heterocycles. The summed E-state index contributed by atoms with van der Waals surface area (Å²) in [6, 6.07) is 7.57. The zero-order valence-electron chi connectivity index (χ0n) is 33.3. The van der Waals surface area contributed by atoms with Crippen LogP contribution < -0.4 is 5.32 Å². The van der Waals surface area contributed by atoms with Crippen LogP contribution in [0.4, 0.5) is 0 Å². The molecule has 1 saturated heterocycles. The molecule has 53 heavy (non-hydrogen) atoms. The van der Waals surface area contributed by atoms with Crippen LogP contribution in [0.25, 0.3) is 5.57 Å². The molecule has 0 spiro atoms. The zero-order chi connectivity index (χ0) is 39.8. The van der Waals surface area contributed by atoms with Crippen molar-refractivity contribution in [2.45, 2.75) is 104 Å². The molecule has 6 aliphatic rings. The lowest BCUT2D eigenvalue weighted by molar-refractivity contribution is -0.217. The molecular weight excluding hydrogens is 657 g/mol. The number of carboxylic acids is 1. The Morgan fingerprint density at radius 1 is 0.811 bits per heavy atom. The average Bonchev–Trinajstić information content (AvgIpc) is 3.59. The average molecular weight is 723 g/mol. The first-order chi connectivity index (χ1) is 25.3. The van der Waals surface area contributed by atoms with Crippen molar-refractivity contribution in [1.82, 2.24) is 10.2 Å². The van der Waals surface area contributed by atoms with E-state index in [9.17, 15) is 14.7 Å². The Hall–Kier alpha value is -3.76. The number of morpholine rings is 1. The van der Waals surface area contributed by atoms with Crippen molar-refractivity contribution in [2.24, 2.45) is 45.3 Å². The Morgan fingerprint density at radius 2 is 1.43 bits per heavy atom. The minimum absolute atomic E-state index is 0.0154. The molecule has 288 valence electrons. The quantitative estimate of drug-likeness (QED) is 0.234. The Bertz CT molecular complexity index is 1500. The van der Waals surface area contributed by atoms with E-state index in [1.165, 1.54) is 56.1 Å². The van der Waals surface area contributed by atoms with Crippen LogP contribution in [0.3, 0.4) is 0 Å². The molecule has 3 unspecified atom stereocenters. The molecule has 1 heterocycles. The Labute approximate surface area is 322 Å². The van der Waals surface area contributed by atoms with Gasteiger partial charge < -0.3 is 15.2 Å². The van der Waals surface area contributed by atoms with Crippen LogP contribution in [0.1, 0.15) is 115 Å². The van der Waals surface area contributed by atoms with Gasteiger partial charge in [-0.05, 0) is 126 Å². The molecular formula is C47H66N2O4. The number of nitrogens with one attached hydrogen (secondary N) is 1. The van der Waals surface area contributed by atoms with E-state index in [0.29, 0.717) is 35.8 Å². The van der Waals surface area contributed by atoms with Gasteiger partial charge in [-0.2, -0.15) is 0 Å². The third-order valence-electron chi connectivity index (χ3n) is 15.2. The summed E-state index contributed by atoms with van der Waals surface area (Å²) < 4.78 is 5.52. The molecule has 6 nitrogen and oxygen atoms in total. The maximum absolute atomic E-state index is 13.5. The highest BCUT2D eigenvalue weighted by atomic mass is 16.5. The maximum Gasteiger partial charge on any atom is 0.335 e. The molecule has 1 aliphatic heterocycles. The molecule has 5 aliphatic carbocycles. The van der Waals surface area contributed by atoms with Gasteiger partial charge in [-0.3, -0.25) is 9.69 Å². The summed E-state index contributed by atoms with van der Waals surface area (Å²) in [4.78, 5) is 27.2. The predicted octanol–water partition coefficient (Wildman–Crippen LogP) is 8.98. The second-order valence-electron chi connectivity index (χ2n) is 17.2. The number of carbonyl (C=O) groups excluding carboxylic acids is 1. The van der Waals surface area contributed by atoms with E-state index >= 15 is 0 Å². The highest BCUT2D eigenvalue weighted by Crippen LogP contribution is 2.76. The van der Waals surface area contributed by atoms with E-state index in [0.717, 1.165) is 45.6 Å². The third-order valence-corrected chi connectivity index (χ3v) is 15.2. The van der Waals surface area contributed by atoms with Gasteiger partial charge >= 0.3 is 5.97 Å². The standard InChI is InChI=1S/C39H56N2O4.C2H4.3C2H2/c1-35(2)28(26-8-10-27(11-9-26)34(43)44)14-17-36(3)31(35)15-18-38(5)32(36)13-12-29-30-7-6-16-39(30,20-19-37(29,38)4)40-33(42)25-41-21-23-45-24-22-41;4*1-2/h8-11,14,29-32H,6-7,12-13,15-25H2,1-5H3,(H,40,42)(H,43,44);1-2H2;3*1-2H/t29-,30?,31?,32?,36+,37-,38-,39+;;;;/m1..../s1. The van der Waals surface area contributed by atoms with Crippen molar-refractivity contribution in [3.8, 4) is 38.5 Å². The first kappa shape index (κ1) is 43.6. The third kappa shape index (κ3) is 7.50. The summed E-state index contributed by atoms with van der Waals surface area (Å²) in [5.41, 5.74) is 3.75. The summed E-state index contributed by atoms with van der Waals surface area (Å²) in [6.45, 7) is 22.6. The highest BCUT2D eigenvalue weighted by Gasteiger charge is 2.69. The number of rotatable bonds is 5. The smallest absolute Gasteiger partial charge is 0.335 e. The van der Waals surface area contributed by atoms with E-state index < -0.39 is 5.97 Å². The van der Waals surface area contributed by atoms with Crippen molar-refractivity contribution in [1.29, 1.82) is 0 Å². The topological polar surface area (TPSA) is 78.9 Å². The van der Waals surface area contributed by atoms with Crippen LogP contribution in [-0.4, -0.2) is 60.3 Å². The van der Waals surface area contributed by atoms with Gasteiger partial charge in [0, 0.05) is 18.6 Å². The second-order valence-corrected chi connectivity index (χ2v) is 17.2. The Balaban J connectivity index is 0.000000887. The minimum Gasteiger partial charge on any atom is -0.478 e. The molecule has 1 aromatic carbocycles. The first-order valence-electron chi connectivity index (χ1n) is 19.5. The Morgan fingerprint density at radius 3 is 2.04 bits per heavy atom. The van der Waals surface area contributed by atoms with Crippen LogP contribution in [0.5, 0.6) is 0 Å². The largest absolute Gasteiger partial charge is 0.478 e. The number of fused-ring (bicyclic) bond motifs is 7. The number of ether oxygens (including phenoxy) is 1. The number of benzene rings is 1. The summed E-state index contributed by atoms with van der Waals surface area (Å²) in [5.74, 6) is 1.90. The normalized spacial score (nSPS) is 36.2. The van der Waals surface area contributed by atoms with Crippen LogP contribution >= 0.6 is 0 Å². The van der Waals surface area contributed by atoms with Gasteiger partial charge in [0.25, 0.3) is 0 Å². The SMILES string of the molecule is C#C.C#C.C#C.C=C.CC1(C)C(c2ccc(C(=O)O)cc2)=CC[C@@]2(C)C1CC[C@]1(C)C2CC[C@@H]2C3CCC[C@]3(NC(=O)CN3CCOCC3)CC[C@]21C. The zero-order valence-corrected chi connectivity index (χ0v) is 33.3. The van der Waals surface area contributed by atoms with Crippen molar-refractivity contribution >= 4 is 17.4 Å². The fourth-order valence-electron chi connectivity index (χ4n) is 13.0. The van der Waals surface area contributed by atoms with Gasteiger partial charge in [0.15, 0.2) is 0 Å². The molecule has 5 fully saturated rings. The van der Waals surface area contributed by atoms with E-state index in [2.05, 4.69) is 103 Å². The number of amides is 1. The van der Waals surface area contributed by atoms with Gasteiger partial charge in [-0.25, -0.2) is 4.79 Å². The lowest BCUT2D eigenvalue weighted by atomic mass is 9.33. The number of nitrogens with zero attached hydrogens (tertiary/aromatic N) is 1. The molecule has 7 rings (SSSR count). The fourth-order valence-corrected chi connectivity index (χ4v) is 13.0. The second kappa shape index (κ2) is 17.6. The molecule has 4 saturated carbocycles. The van der Waals surface area contributed by atoms with Crippen molar-refractivity contribution in [3.05, 3.63) is 54.6 Å². The fraction of sp³-hybridized carbons (Fsp3) is 0.617. The van der Waals surface area contributed by atoms with Gasteiger partial charge in [-0.15, -0.1) is 51.7 Å². The van der Waals surface area contributed by atoms with Crippen molar-refractivity contribution in [3.63, 3.8) is 0 Å². The molecule has 2 N–H and O–H groups in total. The molecule has 0 bridgehead atoms. The summed E-state index contributed by atoms with van der Waals surface area (Å²) >= 11 is 0. The Kier molecular flexibility index (Phi) is 14.5. The van der Waals surface area contributed by atoms with Gasteiger partial charge in [0.2, 0.25) is 5.91 Å². The lowest BCUT2D eigenvalue weighted by Gasteiger charge is -2.72. The number of carboxylic acid groups (broad SMARTS) is 1. The van der Waals surface area contributed by atoms with Crippen molar-refractivity contribution in [2.75, 3.05) is 32.8 Å². The maximum atomic E-state index is 13.5. The summed E-state index contributed by atoms with van der Waals surface area (Å²) in [5, 5.41) is 13.1. The molecule has 1 aromatic rings. The number of aromatic carboxylic acids is 1.